The van der Waals surface area contributed by atoms with Crippen LogP contribution in [0.1, 0.15) is 59.8 Å². The van der Waals surface area contributed by atoms with Crippen LogP contribution in [0.25, 0.3) is 0 Å². The van der Waals surface area contributed by atoms with Crippen LogP contribution in [0.15, 0.2) is 0 Å². The van der Waals surface area contributed by atoms with Crippen LogP contribution in [0, 0.1) is 11.8 Å². The van der Waals surface area contributed by atoms with Gasteiger partial charge in [0, 0.05) is 0 Å². The van der Waals surface area contributed by atoms with E-state index in [9.17, 15) is 0 Å². The van der Waals surface area contributed by atoms with Gasteiger partial charge in [-0.15, -0.1) is 0 Å². The van der Waals surface area contributed by atoms with Gasteiger partial charge in [-0.3, -0.25) is 0 Å². The van der Waals surface area contributed by atoms with Crippen molar-refractivity contribution in [1.29, 1.82) is 0 Å². The molecule has 0 aromatic carbocycles. The van der Waals surface area contributed by atoms with E-state index >= 15 is 0 Å². The van der Waals surface area contributed by atoms with Crippen LogP contribution in [0.4, 0.5) is 0 Å². The normalized spacial score (nSPS) is 13.9. The lowest BCUT2D eigenvalue weighted by molar-refractivity contribution is 0.376. The molecule has 68 valence electrons. The van der Waals surface area contributed by atoms with Crippen molar-refractivity contribution in [2.45, 2.75) is 59.8 Å². The maximum Gasteiger partial charge on any atom is -0.0420 e. The molecule has 0 fully saturated rings. The third kappa shape index (κ3) is 6.40. The summed E-state index contributed by atoms with van der Waals surface area (Å²) >= 11 is 0. The molecule has 1 atom stereocenters. The van der Waals surface area contributed by atoms with E-state index in [2.05, 4.69) is 27.7 Å². The van der Waals surface area contributed by atoms with Gasteiger partial charge in [0.1, 0.15) is 0 Å². The van der Waals surface area contributed by atoms with Crippen LogP contribution in [0.5, 0.6) is 0 Å². The van der Waals surface area contributed by atoms with Crippen molar-refractivity contribution in [3.05, 3.63) is 0 Å². The molecule has 0 amide bonds. The Labute approximate surface area is 72.4 Å². The first kappa shape index (κ1) is 11.0. The first-order valence-electron chi connectivity index (χ1n) is 5.18. The average molecular weight is 156 g/mol. The van der Waals surface area contributed by atoms with Gasteiger partial charge in [-0.25, -0.2) is 0 Å². The van der Waals surface area contributed by atoms with Gasteiger partial charge in [-0.1, -0.05) is 59.8 Å². The second-order valence-corrected chi connectivity index (χ2v) is 4.07. The summed E-state index contributed by atoms with van der Waals surface area (Å²) in [7, 11) is 0. The average Bonchev–Trinajstić information content (AvgIpc) is 1.97. The van der Waals surface area contributed by atoms with Crippen molar-refractivity contribution < 1.29 is 0 Å². The molecule has 0 aliphatic heterocycles. The third-order valence-corrected chi connectivity index (χ3v) is 2.65. The molecule has 0 unspecified atom stereocenters. The largest absolute Gasteiger partial charge is 0.0654 e. The molecule has 0 aliphatic carbocycles. The minimum atomic E-state index is 0.872. The lowest BCUT2D eigenvalue weighted by Crippen LogP contribution is -2.03. The minimum absolute atomic E-state index is 0.872. The van der Waals surface area contributed by atoms with Crippen LogP contribution in [-0.2, 0) is 0 Å². The van der Waals surface area contributed by atoms with Gasteiger partial charge in [-0.05, 0) is 11.8 Å². The lowest BCUT2D eigenvalue weighted by Gasteiger charge is -2.14. The van der Waals surface area contributed by atoms with E-state index in [4.69, 9.17) is 0 Å². The molecule has 0 heterocycles. The topological polar surface area (TPSA) is 0 Å². The molecular weight excluding hydrogens is 132 g/mol. The Morgan fingerprint density at radius 3 is 2.00 bits per heavy atom. The van der Waals surface area contributed by atoms with Crippen molar-refractivity contribution in [3.63, 3.8) is 0 Å². The summed E-state index contributed by atoms with van der Waals surface area (Å²) in [5.41, 5.74) is 0. The number of hydrogen-bond acceptors (Lipinski definition) is 0. The van der Waals surface area contributed by atoms with Crippen LogP contribution < -0.4 is 0 Å². The highest BCUT2D eigenvalue weighted by atomic mass is 14.1. The Morgan fingerprint density at radius 2 is 1.55 bits per heavy atom. The van der Waals surface area contributed by atoms with E-state index < -0.39 is 0 Å². The maximum atomic E-state index is 2.37. The first-order valence-corrected chi connectivity index (χ1v) is 5.18. The van der Waals surface area contributed by atoms with E-state index in [0.717, 1.165) is 11.8 Å². The predicted molar refractivity (Wildman–Crippen MR) is 52.8 cm³/mol. The zero-order valence-electron chi connectivity index (χ0n) is 8.69. The third-order valence-electron chi connectivity index (χ3n) is 2.65. The lowest BCUT2D eigenvalue weighted by atomic mass is 9.92. The van der Waals surface area contributed by atoms with Crippen molar-refractivity contribution in [3.8, 4) is 0 Å². The van der Waals surface area contributed by atoms with Crippen molar-refractivity contribution >= 4 is 0 Å². The molecule has 0 aliphatic rings. The molecular formula is C11H24. The summed E-state index contributed by atoms with van der Waals surface area (Å²) in [6.07, 6.45) is 7.08. The van der Waals surface area contributed by atoms with Crippen LogP contribution in [0.2, 0.25) is 0 Å². The van der Waals surface area contributed by atoms with Gasteiger partial charge >= 0.3 is 0 Å². The summed E-state index contributed by atoms with van der Waals surface area (Å²) < 4.78 is 0. The molecule has 0 saturated heterocycles. The van der Waals surface area contributed by atoms with Gasteiger partial charge < -0.3 is 0 Å². The maximum absolute atomic E-state index is 2.37. The van der Waals surface area contributed by atoms with Crippen molar-refractivity contribution in [2.75, 3.05) is 0 Å². The molecule has 0 bridgehead atoms. The fourth-order valence-corrected chi connectivity index (χ4v) is 1.23. The fourth-order valence-electron chi connectivity index (χ4n) is 1.23. The van der Waals surface area contributed by atoms with Gasteiger partial charge in [0.15, 0.2) is 0 Å². The summed E-state index contributed by atoms with van der Waals surface area (Å²) in [6, 6.07) is 0. The molecule has 0 heteroatoms. The van der Waals surface area contributed by atoms with Crippen LogP contribution in [-0.4, -0.2) is 0 Å². The Bertz CT molecular complexity index is 74.1. The molecule has 0 aromatic heterocycles. The second kappa shape index (κ2) is 6.69. The highest BCUT2D eigenvalue weighted by molar-refractivity contribution is 4.56. The molecule has 0 N–H and O–H groups in total. The monoisotopic (exact) mass is 156 g/mol. The van der Waals surface area contributed by atoms with Gasteiger partial charge in [0.05, 0.1) is 0 Å². The van der Waals surface area contributed by atoms with Crippen molar-refractivity contribution in [2.24, 2.45) is 11.8 Å². The summed E-state index contributed by atoms with van der Waals surface area (Å²) in [4.78, 5) is 0. The number of unbranched alkanes of at least 4 members (excludes halogenated alkanes) is 3. The minimum Gasteiger partial charge on any atom is -0.0654 e. The van der Waals surface area contributed by atoms with Crippen molar-refractivity contribution in [1.82, 2.24) is 0 Å². The molecule has 11 heavy (non-hydrogen) atoms. The van der Waals surface area contributed by atoms with E-state index in [-0.39, 0.29) is 0 Å². The molecule has 0 aromatic rings. The number of hydrogen-bond donors (Lipinski definition) is 0. The zero-order chi connectivity index (χ0) is 8.69. The Hall–Kier alpha value is 0. The Morgan fingerprint density at radius 1 is 0.909 bits per heavy atom. The Kier molecular flexibility index (Phi) is 6.69. The van der Waals surface area contributed by atoms with Gasteiger partial charge in [0.25, 0.3) is 0 Å². The van der Waals surface area contributed by atoms with E-state index in [0.29, 0.717) is 0 Å². The smallest absolute Gasteiger partial charge is 0.0420 e. The second-order valence-electron chi connectivity index (χ2n) is 4.07. The SMILES string of the molecule is CCCCCC[C@H](C)C(C)C. The fraction of sp³-hybridized carbons (Fsp3) is 1.00. The molecule has 0 spiro atoms. The molecule has 0 radical (unpaired) electrons. The number of rotatable bonds is 6. The van der Waals surface area contributed by atoms with Crippen LogP contribution >= 0.6 is 0 Å². The van der Waals surface area contributed by atoms with E-state index in [1.165, 1.54) is 32.1 Å². The van der Waals surface area contributed by atoms with E-state index in [1.54, 1.807) is 0 Å². The van der Waals surface area contributed by atoms with E-state index in [1.807, 2.05) is 0 Å². The molecule has 0 saturated carbocycles. The summed E-state index contributed by atoms with van der Waals surface area (Å²) in [5, 5.41) is 0. The quantitative estimate of drug-likeness (QED) is 0.504. The summed E-state index contributed by atoms with van der Waals surface area (Å²) in [5.74, 6) is 1.79. The molecule has 0 rings (SSSR count). The highest BCUT2D eigenvalue weighted by Gasteiger charge is 2.05. The van der Waals surface area contributed by atoms with Crippen LogP contribution in [0.3, 0.4) is 0 Å². The first-order chi connectivity index (χ1) is 5.18. The zero-order valence-corrected chi connectivity index (χ0v) is 8.69. The van der Waals surface area contributed by atoms with Gasteiger partial charge in [0.2, 0.25) is 0 Å². The standard InChI is InChI=1S/C11H24/c1-5-6-7-8-9-11(4)10(2)3/h10-11H,5-9H2,1-4H3/t11-/m0/s1. The predicted octanol–water partition coefficient (Wildman–Crippen LogP) is 4.25. The summed E-state index contributed by atoms with van der Waals surface area (Å²) in [6.45, 7) is 9.29. The Balaban J connectivity index is 3.10. The highest BCUT2D eigenvalue weighted by Crippen LogP contribution is 2.17. The molecule has 0 nitrogen and oxygen atoms in total. The van der Waals surface area contributed by atoms with Gasteiger partial charge in [-0.2, -0.15) is 0 Å².